The smallest absolute Gasteiger partial charge is 0.261 e. The lowest BCUT2D eigenvalue weighted by atomic mass is 10.2. The predicted molar refractivity (Wildman–Crippen MR) is 98.9 cm³/mol. The Bertz CT molecular complexity index is 1010. The molecule has 3 rings (SSSR count). The zero-order valence-electron chi connectivity index (χ0n) is 14.7. The fourth-order valence-corrected chi connectivity index (χ4v) is 2.62. The maximum absolute atomic E-state index is 12.6. The van der Waals surface area contributed by atoms with E-state index < -0.39 is 6.04 Å². The second-order valence-electron chi connectivity index (χ2n) is 5.71. The number of hydrogen-bond acceptors (Lipinski definition) is 5. The molecule has 7 heteroatoms. The second-order valence-corrected chi connectivity index (χ2v) is 5.71. The van der Waals surface area contributed by atoms with E-state index in [0.717, 1.165) is 0 Å². The lowest BCUT2D eigenvalue weighted by Gasteiger charge is -2.17. The average Bonchev–Trinajstić information content (AvgIpc) is 2.68. The summed E-state index contributed by atoms with van der Waals surface area (Å²) in [6, 6.07) is 11.4. The first-order chi connectivity index (χ1) is 12.5. The van der Waals surface area contributed by atoms with Crippen molar-refractivity contribution < 1.29 is 14.3 Å². The number of rotatable bonds is 5. The summed E-state index contributed by atoms with van der Waals surface area (Å²) in [7, 11) is 3.06. The number of carbonyl (C=O) groups excluding carboxylic acids is 1. The van der Waals surface area contributed by atoms with Crippen LogP contribution >= 0.6 is 0 Å². The van der Waals surface area contributed by atoms with E-state index in [-0.39, 0.29) is 11.5 Å². The largest absolute Gasteiger partial charge is 0.497 e. The van der Waals surface area contributed by atoms with Crippen molar-refractivity contribution in [1.82, 2.24) is 9.55 Å². The van der Waals surface area contributed by atoms with Crippen molar-refractivity contribution in [3.63, 3.8) is 0 Å². The van der Waals surface area contributed by atoms with Crippen LogP contribution in [0, 0.1) is 0 Å². The van der Waals surface area contributed by atoms with Crippen LogP contribution in [0.15, 0.2) is 53.6 Å². The number of aromatic nitrogens is 2. The van der Waals surface area contributed by atoms with Gasteiger partial charge in [-0.05, 0) is 31.2 Å². The maximum Gasteiger partial charge on any atom is 0.261 e. The van der Waals surface area contributed by atoms with Gasteiger partial charge in [0.2, 0.25) is 5.91 Å². The van der Waals surface area contributed by atoms with E-state index in [1.54, 1.807) is 50.4 Å². The van der Waals surface area contributed by atoms with E-state index in [1.165, 1.54) is 18.0 Å². The number of carbonyl (C=O) groups is 1. The third-order valence-electron chi connectivity index (χ3n) is 4.15. The molecule has 1 atom stereocenters. The van der Waals surface area contributed by atoms with Crippen molar-refractivity contribution in [2.45, 2.75) is 13.0 Å². The summed E-state index contributed by atoms with van der Waals surface area (Å²) >= 11 is 0. The van der Waals surface area contributed by atoms with Gasteiger partial charge in [0.05, 0.1) is 37.1 Å². The Kier molecular flexibility index (Phi) is 4.88. The summed E-state index contributed by atoms with van der Waals surface area (Å²) in [6.45, 7) is 1.64. The zero-order valence-corrected chi connectivity index (χ0v) is 14.7. The number of fused-ring (bicyclic) bond motifs is 1. The SMILES string of the molecule is COc1ccc(NC(=O)C(C)n2cnc3ccccc3c2=O)c(OC)c1. The van der Waals surface area contributed by atoms with Crippen molar-refractivity contribution in [1.29, 1.82) is 0 Å². The molecule has 0 saturated carbocycles. The van der Waals surface area contributed by atoms with Crippen LogP contribution in [0.3, 0.4) is 0 Å². The van der Waals surface area contributed by atoms with E-state index >= 15 is 0 Å². The van der Waals surface area contributed by atoms with Gasteiger partial charge in [-0.15, -0.1) is 0 Å². The highest BCUT2D eigenvalue weighted by molar-refractivity contribution is 5.95. The molecule has 0 aliphatic carbocycles. The van der Waals surface area contributed by atoms with E-state index in [2.05, 4.69) is 10.3 Å². The number of methoxy groups -OCH3 is 2. The normalized spacial score (nSPS) is 11.8. The number of ether oxygens (including phenoxy) is 2. The first-order valence-electron chi connectivity index (χ1n) is 8.04. The molecule has 0 saturated heterocycles. The summed E-state index contributed by atoms with van der Waals surface area (Å²) < 4.78 is 11.7. The van der Waals surface area contributed by atoms with Crippen LogP contribution < -0.4 is 20.3 Å². The van der Waals surface area contributed by atoms with Crippen LogP contribution in [0.5, 0.6) is 11.5 Å². The minimum absolute atomic E-state index is 0.264. The van der Waals surface area contributed by atoms with Crippen LogP contribution in [-0.4, -0.2) is 29.7 Å². The molecule has 2 aromatic carbocycles. The van der Waals surface area contributed by atoms with Gasteiger partial charge in [0, 0.05) is 6.07 Å². The van der Waals surface area contributed by atoms with Crippen LogP contribution in [0.25, 0.3) is 10.9 Å². The van der Waals surface area contributed by atoms with Crippen molar-refractivity contribution in [2.24, 2.45) is 0 Å². The number of benzene rings is 2. The van der Waals surface area contributed by atoms with E-state index in [4.69, 9.17) is 9.47 Å². The number of amides is 1. The number of nitrogens with zero attached hydrogens (tertiary/aromatic N) is 2. The Hall–Kier alpha value is -3.35. The summed E-state index contributed by atoms with van der Waals surface area (Å²) in [6.07, 6.45) is 1.39. The van der Waals surface area contributed by atoms with Gasteiger partial charge in [0.1, 0.15) is 17.5 Å². The third kappa shape index (κ3) is 3.23. The molecule has 134 valence electrons. The molecule has 0 bridgehead atoms. The summed E-state index contributed by atoms with van der Waals surface area (Å²) in [5, 5.41) is 3.25. The van der Waals surface area contributed by atoms with E-state index in [1.807, 2.05) is 6.07 Å². The van der Waals surface area contributed by atoms with Crippen LogP contribution in [0.2, 0.25) is 0 Å². The van der Waals surface area contributed by atoms with Gasteiger partial charge in [-0.2, -0.15) is 0 Å². The number of hydrogen-bond donors (Lipinski definition) is 1. The first-order valence-corrected chi connectivity index (χ1v) is 8.04. The Morgan fingerprint density at radius 2 is 1.92 bits per heavy atom. The van der Waals surface area contributed by atoms with Gasteiger partial charge >= 0.3 is 0 Å². The molecule has 1 heterocycles. The Morgan fingerprint density at radius 3 is 2.65 bits per heavy atom. The van der Waals surface area contributed by atoms with Gasteiger partial charge < -0.3 is 14.8 Å². The van der Waals surface area contributed by atoms with E-state index in [0.29, 0.717) is 28.1 Å². The molecular weight excluding hydrogens is 334 g/mol. The zero-order chi connectivity index (χ0) is 18.7. The molecule has 0 fully saturated rings. The van der Waals surface area contributed by atoms with Gasteiger partial charge in [-0.3, -0.25) is 14.2 Å². The van der Waals surface area contributed by atoms with Gasteiger partial charge in [-0.1, -0.05) is 12.1 Å². The predicted octanol–water partition coefficient (Wildman–Crippen LogP) is 2.61. The molecule has 1 amide bonds. The molecule has 26 heavy (non-hydrogen) atoms. The lowest BCUT2D eigenvalue weighted by Crippen LogP contribution is -2.31. The third-order valence-corrected chi connectivity index (χ3v) is 4.15. The number of para-hydroxylation sites is 1. The monoisotopic (exact) mass is 353 g/mol. The van der Waals surface area contributed by atoms with Crippen molar-refractivity contribution in [2.75, 3.05) is 19.5 Å². The summed E-state index contributed by atoms with van der Waals surface area (Å²) in [5.74, 6) is 0.726. The highest BCUT2D eigenvalue weighted by Crippen LogP contribution is 2.29. The molecule has 0 radical (unpaired) electrons. The van der Waals surface area contributed by atoms with Gasteiger partial charge in [0.15, 0.2) is 0 Å². The lowest BCUT2D eigenvalue weighted by molar-refractivity contribution is -0.118. The van der Waals surface area contributed by atoms with Gasteiger partial charge in [0.25, 0.3) is 5.56 Å². The Balaban J connectivity index is 1.89. The molecule has 7 nitrogen and oxygen atoms in total. The van der Waals surface area contributed by atoms with Gasteiger partial charge in [-0.25, -0.2) is 4.98 Å². The quantitative estimate of drug-likeness (QED) is 0.762. The summed E-state index contributed by atoms with van der Waals surface area (Å²) in [4.78, 5) is 29.5. The highest BCUT2D eigenvalue weighted by Gasteiger charge is 2.19. The number of nitrogens with one attached hydrogen (secondary N) is 1. The molecular formula is C19H19N3O4. The van der Waals surface area contributed by atoms with Crippen LogP contribution in [0.4, 0.5) is 5.69 Å². The molecule has 1 unspecified atom stereocenters. The molecule has 1 aromatic heterocycles. The van der Waals surface area contributed by atoms with Crippen molar-refractivity contribution in [3.8, 4) is 11.5 Å². The maximum atomic E-state index is 12.6. The minimum Gasteiger partial charge on any atom is -0.497 e. The standard InChI is InChI=1S/C19H19N3O4/c1-12(22-11-20-15-7-5-4-6-14(15)19(22)24)18(23)21-16-9-8-13(25-2)10-17(16)26-3/h4-12H,1-3H3,(H,21,23). The first kappa shape index (κ1) is 17.5. The number of anilines is 1. The second kappa shape index (κ2) is 7.26. The molecule has 1 N–H and O–H groups in total. The Morgan fingerprint density at radius 1 is 1.15 bits per heavy atom. The van der Waals surface area contributed by atoms with Crippen molar-refractivity contribution >= 4 is 22.5 Å². The summed E-state index contributed by atoms with van der Waals surface area (Å²) in [5.41, 5.74) is 0.824. The molecule has 0 aliphatic heterocycles. The molecule has 3 aromatic rings. The minimum atomic E-state index is -0.744. The fourth-order valence-electron chi connectivity index (χ4n) is 2.62. The fraction of sp³-hybridized carbons (Fsp3) is 0.211. The van der Waals surface area contributed by atoms with E-state index in [9.17, 15) is 9.59 Å². The average molecular weight is 353 g/mol. The van der Waals surface area contributed by atoms with Crippen molar-refractivity contribution in [3.05, 3.63) is 59.1 Å². The molecule has 0 spiro atoms. The Labute approximate surface area is 150 Å². The topological polar surface area (TPSA) is 82.5 Å². The molecule has 0 aliphatic rings. The highest BCUT2D eigenvalue weighted by atomic mass is 16.5. The van der Waals surface area contributed by atoms with Crippen LogP contribution in [0.1, 0.15) is 13.0 Å². The van der Waals surface area contributed by atoms with Crippen LogP contribution in [-0.2, 0) is 4.79 Å².